The fraction of sp³-hybridized carbons (Fsp3) is 0.364. The average molecular weight is 261 g/mol. The first-order valence-corrected chi connectivity index (χ1v) is 7.03. The van der Waals surface area contributed by atoms with Crippen LogP contribution in [0.15, 0.2) is 24.3 Å². The third-order valence-corrected chi connectivity index (χ3v) is 2.79. The van der Waals surface area contributed by atoms with Crippen LogP contribution in [-0.4, -0.2) is 16.2 Å². The minimum absolute atomic E-state index is 0.0671. The van der Waals surface area contributed by atoms with Gasteiger partial charge in [0.1, 0.15) is 11.3 Å². The predicted octanol–water partition coefficient (Wildman–Crippen LogP) is 2.84. The Bertz CT molecular complexity index is 298. The van der Waals surface area contributed by atoms with Crippen LogP contribution in [0.1, 0.15) is 30.1 Å². The van der Waals surface area contributed by atoms with E-state index in [9.17, 15) is 4.79 Å². The van der Waals surface area contributed by atoms with Gasteiger partial charge in [0, 0.05) is 0 Å². The Labute approximate surface area is 99.8 Å². The molecule has 0 aromatic heterocycles. The summed E-state index contributed by atoms with van der Waals surface area (Å²) < 4.78 is 0. The fourth-order valence-corrected chi connectivity index (χ4v) is 1.95. The SMILES string of the molecule is CCC[CH2][Zn].O=C(O)c1ccccc1O. The van der Waals surface area contributed by atoms with Gasteiger partial charge in [-0.1, -0.05) is 12.1 Å². The average Bonchev–Trinajstić information content (AvgIpc) is 2.20. The number of para-hydroxylation sites is 1. The van der Waals surface area contributed by atoms with Gasteiger partial charge < -0.3 is 10.2 Å². The molecule has 1 rings (SSSR count). The summed E-state index contributed by atoms with van der Waals surface area (Å²) in [6.45, 7) is 2.23. The van der Waals surface area contributed by atoms with Crippen LogP contribution in [0.5, 0.6) is 5.75 Å². The number of carboxylic acids is 1. The number of carbonyl (C=O) groups is 1. The third kappa shape index (κ3) is 6.24. The van der Waals surface area contributed by atoms with Crippen molar-refractivity contribution >= 4 is 5.97 Å². The van der Waals surface area contributed by atoms with Crippen molar-refractivity contribution in [3.8, 4) is 5.75 Å². The van der Waals surface area contributed by atoms with Crippen LogP contribution in [0.3, 0.4) is 0 Å². The topological polar surface area (TPSA) is 57.5 Å². The molecule has 0 saturated heterocycles. The number of aromatic hydroxyl groups is 1. The maximum Gasteiger partial charge on any atom is 0.339 e. The van der Waals surface area contributed by atoms with E-state index in [0.717, 1.165) is 0 Å². The summed E-state index contributed by atoms with van der Waals surface area (Å²) in [7, 11) is 0. The number of rotatable bonds is 3. The van der Waals surface area contributed by atoms with E-state index < -0.39 is 5.97 Å². The van der Waals surface area contributed by atoms with E-state index in [1.165, 1.54) is 48.3 Å². The molecule has 2 N–H and O–H groups in total. The van der Waals surface area contributed by atoms with E-state index in [2.05, 4.69) is 6.92 Å². The normalized spacial score (nSPS) is 9.00. The molecule has 0 radical (unpaired) electrons. The molecular formula is C11H15O3Zn. The van der Waals surface area contributed by atoms with Gasteiger partial charge in [0.25, 0.3) is 0 Å². The van der Waals surface area contributed by atoms with Crippen molar-refractivity contribution < 1.29 is 33.3 Å². The third-order valence-electron chi connectivity index (χ3n) is 1.74. The zero-order valence-corrected chi connectivity index (χ0v) is 11.9. The second-order valence-corrected chi connectivity index (χ2v) is 4.51. The molecule has 0 aliphatic heterocycles. The van der Waals surface area contributed by atoms with Crippen molar-refractivity contribution in [1.29, 1.82) is 0 Å². The van der Waals surface area contributed by atoms with Crippen molar-refractivity contribution in [1.82, 2.24) is 0 Å². The predicted molar refractivity (Wildman–Crippen MR) is 54.8 cm³/mol. The molecule has 79 valence electrons. The van der Waals surface area contributed by atoms with Gasteiger partial charge in [-0.3, -0.25) is 0 Å². The first-order chi connectivity index (χ1) is 7.13. The first kappa shape index (κ1) is 14.1. The molecule has 1 aromatic rings. The van der Waals surface area contributed by atoms with Crippen LogP contribution in [0.4, 0.5) is 0 Å². The molecular weight excluding hydrogens is 246 g/mol. The second-order valence-electron chi connectivity index (χ2n) is 3.03. The van der Waals surface area contributed by atoms with Gasteiger partial charge in [-0.05, 0) is 12.1 Å². The maximum absolute atomic E-state index is 10.3. The Morgan fingerprint density at radius 3 is 2.27 bits per heavy atom. The number of phenols is 1. The molecule has 0 heterocycles. The Kier molecular flexibility index (Phi) is 7.93. The molecule has 0 spiro atoms. The Hall–Kier alpha value is -0.887. The fourth-order valence-electron chi connectivity index (χ4n) is 0.904. The van der Waals surface area contributed by atoms with E-state index in [1.807, 2.05) is 0 Å². The minimum Gasteiger partial charge on any atom is -0.507 e. The first-order valence-electron chi connectivity index (χ1n) is 4.94. The molecule has 0 bridgehead atoms. The van der Waals surface area contributed by atoms with Crippen LogP contribution < -0.4 is 0 Å². The molecule has 1 aromatic carbocycles. The number of benzene rings is 1. The summed E-state index contributed by atoms with van der Waals surface area (Å²) in [6, 6.07) is 5.81. The molecule has 0 unspecified atom stereocenters. The molecule has 15 heavy (non-hydrogen) atoms. The summed E-state index contributed by atoms with van der Waals surface area (Å²) in [5, 5.41) is 18.8. The van der Waals surface area contributed by atoms with Crippen molar-refractivity contribution in [2.24, 2.45) is 0 Å². The van der Waals surface area contributed by atoms with Gasteiger partial charge in [0.2, 0.25) is 0 Å². The second kappa shape index (κ2) is 8.42. The Morgan fingerprint density at radius 1 is 1.40 bits per heavy atom. The summed E-state index contributed by atoms with van der Waals surface area (Å²) in [6.07, 6.45) is 2.82. The van der Waals surface area contributed by atoms with Crippen LogP contribution in [-0.2, 0) is 18.3 Å². The molecule has 0 aliphatic rings. The van der Waals surface area contributed by atoms with Gasteiger partial charge in [-0.2, -0.15) is 0 Å². The van der Waals surface area contributed by atoms with E-state index in [4.69, 9.17) is 10.2 Å². The van der Waals surface area contributed by atoms with Crippen molar-refractivity contribution in [2.75, 3.05) is 0 Å². The van der Waals surface area contributed by atoms with Gasteiger partial charge in [0.05, 0.1) is 0 Å². The number of carboxylic acid groups (broad SMARTS) is 1. The van der Waals surface area contributed by atoms with Gasteiger partial charge >= 0.3 is 49.1 Å². The zero-order valence-electron chi connectivity index (χ0n) is 8.94. The molecule has 0 atom stereocenters. The molecule has 3 nitrogen and oxygen atoms in total. The van der Waals surface area contributed by atoms with Crippen molar-refractivity contribution in [3.63, 3.8) is 0 Å². The van der Waals surface area contributed by atoms with E-state index in [-0.39, 0.29) is 11.3 Å². The maximum atomic E-state index is 10.3. The smallest absolute Gasteiger partial charge is 0.339 e. The van der Waals surface area contributed by atoms with Gasteiger partial charge in [-0.15, -0.1) is 0 Å². The van der Waals surface area contributed by atoms with Gasteiger partial charge in [-0.25, -0.2) is 4.79 Å². The Balaban J connectivity index is 0.000000336. The van der Waals surface area contributed by atoms with Crippen LogP contribution >= 0.6 is 0 Å². The Morgan fingerprint density at radius 2 is 2.00 bits per heavy atom. The van der Waals surface area contributed by atoms with Crippen LogP contribution in [0.2, 0.25) is 5.02 Å². The largest absolute Gasteiger partial charge is 0.507 e. The quantitative estimate of drug-likeness (QED) is 0.822. The van der Waals surface area contributed by atoms with Crippen molar-refractivity contribution in [3.05, 3.63) is 29.8 Å². The zero-order chi connectivity index (χ0) is 11.7. The van der Waals surface area contributed by atoms with Crippen LogP contribution in [0.25, 0.3) is 0 Å². The molecule has 0 aliphatic carbocycles. The summed E-state index contributed by atoms with van der Waals surface area (Å²) in [5.41, 5.74) is -0.0671. The monoisotopic (exact) mass is 259 g/mol. The minimum atomic E-state index is -1.11. The van der Waals surface area contributed by atoms with E-state index >= 15 is 0 Å². The van der Waals surface area contributed by atoms with Crippen LogP contribution in [0, 0.1) is 0 Å². The van der Waals surface area contributed by atoms with E-state index in [1.54, 1.807) is 12.1 Å². The number of hydrogen-bond donors (Lipinski definition) is 2. The standard InChI is InChI=1S/C7H6O3.C4H9.Zn/c8-6-4-2-1-3-5(6)7(9)10;1-3-4-2;/h1-4,8H,(H,9,10);1,3-4H2,2H3;. The molecule has 0 fully saturated rings. The summed E-state index contributed by atoms with van der Waals surface area (Å²) in [4.78, 5) is 10.3. The number of aromatic carboxylic acids is 1. The molecule has 0 amide bonds. The summed E-state index contributed by atoms with van der Waals surface area (Å²) in [5.74, 6) is -1.31. The van der Waals surface area contributed by atoms with E-state index in [0.29, 0.717) is 0 Å². The van der Waals surface area contributed by atoms with Gasteiger partial charge in [0.15, 0.2) is 0 Å². The summed E-state index contributed by atoms with van der Waals surface area (Å²) >= 11 is 1.48. The number of unbranched alkanes of at least 4 members (excludes halogenated alkanes) is 1. The molecule has 4 heteroatoms. The number of hydrogen-bond acceptors (Lipinski definition) is 2. The van der Waals surface area contributed by atoms with Crippen molar-refractivity contribution in [2.45, 2.75) is 24.8 Å². The molecule has 0 saturated carbocycles.